The maximum atomic E-state index is 13.4. The Morgan fingerprint density at radius 3 is 2.71 bits per heavy atom. The number of aromatic nitrogens is 2. The highest BCUT2D eigenvalue weighted by Gasteiger charge is 2.20. The van der Waals surface area contributed by atoms with E-state index in [2.05, 4.69) is 50.5 Å². The summed E-state index contributed by atoms with van der Waals surface area (Å²) in [6, 6.07) is 9.14. The molecule has 0 unspecified atom stereocenters. The molecule has 1 saturated heterocycles. The molecule has 0 saturated carbocycles. The molecule has 3 aromatic rings. The SMILES string of the molecule is CCOc1cc(C=Nn2c([C@H](C)CC)nc3ccc(Br)cc3c2=O)cc(I)c1OCC(=O)N1CCOCC1. The lowest BCUT2D eigenvalue weighted by molar-refractivity contribution is -0.137. The number of benzene rings is 2. The second-order valence-corrected chi connectivity index (χ2v) is 10.9. The van der Waals surface area contributed by atoms with Crippen LogP contribution in [0.3, 0.4) is 0 Å². The first-order valence-corrected chi connectivity index (χ1v) is 14.4. The van der Waals surface area contributed by atoms with Gasteiger partial charge >= 0.3 is 0 Å². The van der Waals surface area contributed by atoms with E-state index in [1.54, 1.807) is 23.2 Å². The minimum atomic E-state index is -0.232. The van der Waals surface area contributed by atoms with Crippen LogP contribution in [0.25, 0.3) is 10.9 Å². The van der Waals surface area contributed by atoms with Crippen molar-refractivity contribution in [1.29, 1.82) is 0 Å². The lowest BCUT2D eigenvalue weighted by Crippen LogP contribution is -2.43. The van der Waals surface area contributed by atoms with E-state index in [9.17, 15) is 9.59 Å². The molecule has 1 amide bonds. The maximum absolute atomic E-state index is 13.4. The second kappa shape index (κ2) is 13.0. The van der Waals surface area contributed by atoms with Gasteiger partial charge in [-0.1, -0.05) is 29.8 Å². The fourth-order valence-corrected chi connectivity index (χ4v) is 5.15. The highest BCUT2D eigenvalue weighted by atomic mass is 127. The zero-order valence-electron chi connectivity index (χ0n) is 21.6. The topological polar surface area (TPSA) is 95.2 Å². The Hall–Kier alpha value is -2.51. The van der Waals surface area contributed by atoms with Crippen LogP contribution < -0.4 is 15.0 Å². The Morgan fingerprint density at radius 1 is 1.24 bits per heavy atom. The van der Waals surface area contributed by atoms with Crippen molar-refractivity contribution >= 4 is 61.5 Å². The number of rotatable bonds is 9. The van der Waals surface area contributed by atoms with Gasteiger partial charge in [-0.2, -0.15) is 9.78 Å². The van der Waals surface area contributed by atoms with Crippen molar-refractivity contribution in [3.8, 4) is 11.5 Å². The lowest BCUT2D eigenvalue weighted by Gasteiger charge is -2.27. The number of hydrogen-bond acceptors (Lipinski definition) is 7. The molecule has 0 radical (unpaired) electrons. The van der Waals surface area contributed by atoms with Crippen molar-refractivity contribution < 1.29 is 19.0 Å². The van der Waals surface area contributed by atoms with Crippen molar-refractivity contribution in [3.05, 3.63) is 60.1 Å². The summed E-state index contributed by atoms with van der Waals surface area (Å²) in [6.45, 7) is 8.49. The van der Waals surface area contributed by atoms with Crippen molar-refractivity contribution in [2.24, 2.45) is 5.10 Å². The van der Waals surface area contributed by atoms with Gasteiger partial charge < -0.3 is 19.1 Å². The molecule has 0 aliphatic carbocycles. The first kappa shape index (κ1) is 28.5. The minimum absolute atomic E-state index is 0.0341. The number of halogens is 2. The molecule has 2 heterocycles. The van der Waals surface area contributed by atoms with Gasteiger partial charge in [0.05, 0.1) is 40.5 Å². The molecule has 0 bridgehead atoms. The molecule has 0 N–H and O–H groups in total. The molecule has 202 valence electrons. The van der Waals surface area contributed by atoms with Crippen molar-refractivity contribution in [2.75, 3.05) is 39.5 Å². The quantitative estimate of drug-likeness (QED) is 0.236. The predicted octanol–water partition coefficient (Wildman–Crippen LogP) is 4.80. The fraction of sp³-hybridized carbons (Fsp3) is 0.407. The van der Waals surface area contributed by atoms with Gasteiger partial charge in [-0.15, -0.1) is 0 Å². The normalized spacial score (nSPS) is 14.7. The molecule has 38 heavy (non-hydrogen) atoms. The monoisotopic (exact) mass is 696 g/mol. The van der Waals surface area contributed by atoms with Crippen LogP contribution in [0, 0.1) is 3.57 Å². The predicted molar refractivity (Wildman–Crippen MR) is 159 cm³/mol. The number of carbonyl (C=O) groups excluding carboxylic acids is 1. The highest BCUT2D eigenvalue weighted by molar-refractivity contribution is 14.1. The molecule has 1 fully saturated rings. The van der Waals surface area contributed by atoms with Gasteiger partial charge in [-0.05, 0) is 71.8 Å². The summed E-state index contributed by atoms with van der Waals surface area (Å²) in [5, 5.41) is 5.05. The van der Waals surface area contributed by atoms with Gasteiger partial charge in [0.15, 0.2) is 18.1 Å². The lowest BCUT2D eigenvalue weighted by atomic mass is 10.1. The average molecular weight is 697 g/mol. The summed E-state index contributed by atoms with van der Waals surface area (Å²) in [5.74, 6) is 1.55. The molecule has 0 spiro atoms. The minimum Gasteiger partial charge on any atom is -0.490 e. The van der Waals surface area contributed by atoms with Crippen LogP contribution in [-0.4, -0.2) is 66.2 Å². The number of amides is 1. The van der Waals surface area contributed by atoms with E-state index in [0.717, 1.165) is 20.0 Å². The number of hydrogen-bond donors (Lipinski definition) is 0. The third-order valence-corrected chi connectivity index (χ3v) is 7.54. The molecule has 1 aromatic heterocycles. The summed E-state index contributed by atoms with van der Waals surface area (Å²) < 4.78 is 20.0. The van der Waals surface area contributed by atoms with E-state index in [1.807, 2.05) is 32.0 Å². The van der Waals surface area contributed by atoms with Crippen LogP contribution in [0.5, 0.6) is 11.5 Å². The van der Waals surface area contributed by atoms with Gasteiger partial charge in [-0.25, -0.2) is 4.98 Å². The summed E-state index contributed by atoms with van der Waals surface area (Å²) in [4.78, 5) is 32.5. The van der Waals surface area contributed by atoms with E-state index in [1.165, 1.54) is 4.68 Å². The van der Waals surface area contributed by atoms with Gasteiger partial charge in [-0.3, -0.25) is 9.59 Å². The Bertz CT molecular complexity index is 1400. The van der Waals surface area contributed by atoms with Crippen LogP contribution in [0.2, 0.25) is 0 Å². The van der Waals surface area contributed by atoms with E-state index >= 15 is 0 Å². The zero-order chi connectivity index (χ0) is 27.2. The largest absolute Gasteiger partial charge is 0.490 e. The smallest absolute Gasteiger partial charge is 0.282 e. The van der Waals surface area contributed by atoms with Crippen LogP contribution in [0.15, 0.2) is 44.7 Å². The molecule has 1 aliphatic rings. The first-order valence-electron chi connectivity index (χ1n) is 12.5. The van der Waals surface area contributed by atoms with Crippen LogP contribution in [0.4, 0.5) is 0 Å². The Balaban J connectivity index is 1.65. The maximum Gasteiger partial charge on any atom is 0.282 e. The standard InChI is InChI=1S/C27H30BrIN4O5/c1-4-17(3)26-31-22-7-6-19(28)14-20(22)27(35)33(26)30-15-18-12-21(29)25(23(13-18)37-5-2)38-16-24(34)32-8-10-36-11-9-32/h6-7,12-15,17H,4-5,8-11,16H2,1-3H3/t17-/m1/s1. The van der Waals surface area contributed by atoms with Crippen LogP contribution in [0.1, 0.15) is 44.5 Å². The Morgan fingerprint density at radius 2 is 2.00 bits per heavy atom. The van der Waals surface area contributed by atoms with E-state index in [0.29, 0.717) is 61.1 Å². The third-order valence-electron chi connectivity index (χ3n) is 6.24. The van der Waals surface area contributed by atoms with Gasteiger partial charge in [0.2, 0.25) is 0 Å². The third kappa shape index (κ3) is 6.55. The van der Waals surface area contributed by atoms with Crippen LogP contribution >= 0.6 is 38.5 Å². The number of carbonyl (C=O) groups is 1. The molecule has 11 heteroatoms. The van der Waals surface area contributed by atoms with E-state index in [4.69, 9.17) is 19.2 Å². The first-order chi connectivity index (χ1) is 18.3. The Kier molecular flexibility index (Phi) is 9.77. The van der Waals surface area contributed by atoms with Crippen molar-refractivity contribution in [2.45, 2.75) is 33.1 Å². The molecule has 2 aromatic carbocycles. The van der Waals surface area contributed by atoms with Crippen LogP contribution in [-0.2, 0) is 9.53 Å². The van der Waals surface area contributed by atoms with Crippen molar-refractivity contribution in [3.63, 3.8) is 0 Å². The number of nitrogens with zero attached hydrogens (tertiary/aromatic N) is 4. The molecular formula is C27H30BrIN4O5. The van der Waals surface area contributed by atoms with E-state index < -0.39 is 0 Å². The summed E-state index contributed by atoms with van der Waals surface area (Å²) >= 11 is 5.59. The van der Waals surface area contributed by atoms with Gasteiger partial charge in [0, 0.05) is 23.5 Å². The van der Waals surface area contributed by atoms with Crippen molar-refractivity contribution in [1.82, 2.24) is 14.6 Å². The summed E-state index contributed by atoms with van der Waals surface area (Å²) in [5.41, 5.74) is 1.13. The molecule has 4 rings (SSSR count). The number of ether oxygens (including phenoxy) is 3. The molecular weight excluding hydrogens is 667 g/mol. The molecule has 9 nitrogen and oxygen atoms in total. The average Bonchev–Trinajstić information content (AvgIpc) is 2.92. The number of morpholine rings is 1. The fourth-order valence-electron chi connectivity index (χ4n) is 4.01. The number of fused-ring (bicyclic) bond motifs is 1. The second-order valence-electron chi connectivity index (χ2n) is 8.85. The van der Waals surface area contributed by atoms with Gasteiger partial charge in [0.25, 0.3) is 11.5 Å². The summed E-state index contributed by atoms with van der Waals surface area (Å²) in [6.07, 6.45) is 2.43. The highest BCUT2D eigenvalue weighted by Crippen LogP contribution is 2.34. The molecule has 1 aliphatic heterocycles. The summed E-state index contributed by atoms with van der Waals surface area (Å²) in [7, 11) is 0. The Labute approximate surface area is 243 Å². The van der Waals surface area contributed by atoms with E-state index in [-0.39, 0.29) is 24.0 Å². The zero-order valence-corrected chi connectivity index (χ0v) is 25.3. The molecule has 1 atom stereocenters. The van der Waals surface area contributed by atoms with Gasteiger partial charge in [0.1, 0.15) is 5.82 Å².